The Balaban J connectivity index is 1.47. The maximum Gasteiger partial charge on any atom is 0.191 e. The van der Waals surface area contributed by atoms with Gasteiger partial charge in [-0.1, -0.05) is 30.3 Å². The van der Waals surface area contributed by atoms with Crippen LogP contribution in [0.4, 0.5) is 0 Å². The number of rotatable bonds is 10. The number of hydrogen-bond donors (Lipinski definition) is 3. The Labute approximate surface area is 181 Å². The van der Waals surface area contributed by atoms with Crippen molar-refractivity contribution in [3.63, 3.8) is 0 Å². The summed E-state index contributed by atoms with van der Waals surface area (Å²) in [7, 11) is 3.41. The molecule has 6 nitrogen and oxygen atoms in total. The summed E-state index contributed by atoms with van der Waals surface area (Å²) < 4.78 is 12.0. The van der Waals surface area contributed by atoms with Gasteiger partial charge in [0.25, 0.3) is 0 Å². The van der Waals surface area contributed by atoms with Crippen LogP contribution in [-0.2, 0) is 11.3 Å². The molecule has 1 heterocycles. The molecule has 3 rings (SSSR count). The van der Waals surface area contributed by atoms with E-state index in [9.17, 15) is 5.11 Å². The van der Waals surface area contributed by atoms with Crippen LogP contribution in [0.2, 0.25) is 0 Å². The molecule has 7 heteroatoms. The first kappa shape index (κ1) is 22.1. The largest absolute Gasteiger partial charge is 0.493 e. The Morgan fingerprint density at radius 2 is 1.97 bits per heavy atom. The van der Waals surface area contributed by atoms with Gasteiger partial charge in [0.05, 0.1) is 6.61 Å². The van der Waals surface area contributed by atoms with Crippen LogP contribution in [-0.4, -0.2) is 45.0 Å². The summed E-state index contributed by atoms with van der Waals surface area (Å²) in [4.78, 5) is 5.19. The van der Waals surface area contributed by atoms with Crippen molar-refractivity contribution in [3.8, 4) is 5.75 Å². The van der Waals surface area contributed by atoms with E-state index in [0.29, 0.717) is 32.3 Å². The van der Waals surface area contributed by atoms with Crippen molar-refractivity contribution in [1.82, 2.24) is 10.6 Å². The lowest BCUT2D eigenvalue weighted by Gasteiger charge is -2.15. The van der Waals surface area contributed by atoms with Crippen molar-refractivity contribution in [1.29, 1.82) is 0 Å². The molecule has 1 unspecified atom stereocenters. The zero-order valence-electron chi connectivity index (χ0n) is 17.4. The smallest absolute Gasteiger partial charge is 0.191 e. The number of aliphatic hydroxyl groups is 1. The van der Waals surface area contributed by atoms with Gasteiger partial charge in [-0.2, -0.15) is 0 Å². The summed E-state index contributed by atoms with van der Waals surface area (Å²) in [5.41, 5.74) is 1.09. The number of methoxy groups -OCH3 is 1. The van der Waals surface area contributed by atoms with Gasteiger partial charge in [0.2, 0.25) is 0 Å². The predicted octanol–water partition coefficient (Wildman–Crippen LogP) is 3.72. The second-order valence-electron chi connectivity index (χ2n) is 6.85. The van der Waals surface area contributed by atoms with Crippen LogP contribution in [0.3, 0.4) is 0 Å². The van der Waals surface area contributed by atoms with Crippen LogP contribution >= 0.6 is 11.3 Å². The summed E-state index contributed by atoms with van der Waals surface area (Å²) in [6.45, 7) is 2.31. The van der Waals surface area contributed by atoms with Gasteiger partial charge >= 0.3 is 0 Å². The number of nitrogens with zero attached hydrogens (tertiary/aromatic N) is 1. The van der Waals surface area contributed by atoms with E-state index in [4.69, 9.17) is 9.47 Å². The number of aliphatic imine (C=N–C) groups is 1. The molecule has 2 aromatic carbocycles. The Kier molecular flexibility index (Phi) is 8.50. The molecule has 1 aromatic heterocycles. The lowest BCUT2D eigenvalue weighted by atomic mass is 10.2. The summed E-state index contributed by atoms with van der Waals surface area (Å²) >= 11 is 1.61. The van der Waals surface area contributed by atoms with Gasteiger partial charge in [0.15, 0.2) is 5.96 Å². The number of nitrogens with one attached hydrogen (secondary N) is 2. The first-order valence-corrected chi connectivity index (χ1v) is 10.8. The Morgan fingerprint density at radius 1 is 1.10 bits per heavy atom. The highest BCUT2D eigenvalue weighted by Gasteiger charge is 2.12. The van der Waals surface area contributed by atoms with E-state index in [2.05, 4.69) is 27.8 Å². The molecule has 30 heavy (non-hydrogen) atoms. The standard InChI is InChI=1S/C23H29N3O3S/c1-24-23(25-15-17-7-5-9-19(13-17)29-12-6-11-28-2)26-16-20(27)22-14-18-8-3-4-10-21(18)30-22/h3-5,7-10,13-14,20,27H,6,11-12,15-16H2,1-2H3,(H2,24,25,26). The number of hydrogen-bond acceptors (Lipinski definition) is 5. The van der Waals surface area contributed by atoms with E-state index in [1.165, 1.54) is 4.70 Å². The molecule has 0 saturated carbocycles. The van der Waals surface area contributed by atoms with Crippen LogP contribution in [0.15, 0.2) is 59.6 Å². The van der Waals surface area contributed by atoms with Crippen molar-refractivity contribution in [3.05, 3.63) is 65.0 Å². The lowest BCUT2D eigenvalue weighted by Crippen LogP contribution is -2.38. The van der Waals surface area contributed by atoms with Crippen LogP contribution in [0.25, 0.3) is 10.1 Å². The molecule has 0 spiro atoms. The highest BCUT2D eigenvalue weighted by atomic mass is 32.1. The molecule has 0 saturated heterocycles. The molecule has 3 aromatic rings. The van der Waals surface area contributed by atoms with Crippen LogP contribution in [0, 0.1) is 0 Å². The lowest BCUT2D eigenvalue weighted by molar-refractivity contribution is 0.172. The van der Waals surface area contributed by atoms with Crippen molar-refractivity contribution < 1.29 is 14.6 Å². The second-order valence-corrected chi connectivity index (χ2v) is 7.97. The minimum atomic E-state index is -0.593. The molecular weight excluding hydrogens is 398 g/mol. The quantitative estimate of drug-likeness (QED) is 0.261. The van der Waals surface area contributed by atoms with E-state index in [1.54, 1.807) is 25.5 Å². The minimum Gasteiger partial charge on any atom is -0.493 e. The Bertz CT molecular complexity index is 925. The molecule has 0 aliphatic heterocycles. The predicted molar refractivity (Wildman–Crippen MR) is 123 cm³/mol. The first-order chi connectivity index (χ1) is 14.7. The van der Waals surface area contributed by atoms with Gasteiger partial charge in [0, 0.05) is 49.9 Å². The number of benzene rings is 2. The van der Waals surface area contributed by atoms with Crippen LogP contribution in [0.1, 0.15) is 23.0 Å². The fourth-order valence-corrected chi connectivity index (χ4v) is 4.06. The van der Waals surface area contributed by atoms with E-state index in [-0.39, 0.29) is 0 Å². The summed E-state index contributed by atoms with van der Waals surface area (Å²) in [5.74, 6) is 1.48. The highest BCUT2D eigenvalue weighted by Crippen LogP contribution is 2.29. The molecule has 160 valence electrons. The second kappa shape index (κ2) is 11.5. The fourth-order valence-electron chi connectivity index (χ4n) is 3.01. The SMILES string of the molecule is CN=C(NCc1cccc(OCCCOC)c1)NCC(O)c1cc2ccccc2s1. The summed E-state index contributed by atoms with van der Waals surface area (Å²) in [5, 5.41) is 18.2. The molecule has 0 amide bonds. The third-order valence-corrected chi connectivity index (χ3v) is 5.80. The van der Waals surface area contributed by atoms with Crippen LogP contribution in [0.5, 0.6) is 5.75 Å². The molecule has 1 atom stereocenters. The zero-order chi connectivity index (χ0) is 21.2. The molecule has 0 aliphatic carbocycles. The molecule has 0 radical (unpaired) electrons. The van der Waals surface area contributed by atoms with Crippen molar-refractivity contribution in [2.75, 3.05) is 33.9 Å². The average molecular weight is 428 g/mol. The van der Waals surface area contributed by atoms with Gasteiger partial charge in [-0.3, -0.25) is 4.99 Å². The molecule has 0 bridgehead atoms. The van der Waals surface area contributed by atoms with Crippen LogP contribution < -0.4 is 15.4 Å². The Morgan fingerprint density at radius 3 is 2.77 bits per heavy atom. The van der Waals surface area contributed by atoms with Crippen molar-refractivity contribution in [2.45, 2.75) is 19.1 Å². The van der Waals surface area contributed by atoms with E-state index >= 15 is 0 Å². The third kappa shape index (κ3) is 6.45. The zero-order valence-corrected chi connectivity index (χ0v) is 18.2. The molecule has 0 fully saturated rings. The molecule has 3 N–H and O–H groups in total. The topological polar surface area (TPSA) is 75.1 Å². The monoisotopic (exact) mass is 427 g/mol. The molecular formula is C23H29N3O3S. The fraction of sp³-hybridized carbons (Fsp3) is 0.348. The van der Waals surface area contributed by atoms with Gasteiger partial charge in [0.1, 0.15) is 11.9 Å². The van der Waals surface area contributed by atoms with E-state index in [1.807, 2.05) is 42.5 Å². The maximum atomic E-state index is 10.5. The number of aliphatic hydroxyl groups excluding tert-OH is 1. The van der Waals surface area contributed by atoms with E-state index in [0.717, 1.165) is 28.0 Å². The summed E-state index contributed by atoms with van der Waals surface area (Å²) in [6, 6.07) is 18.2. The van der Waals surface area contributed by atoms with Gasteiger partial charge < -0.3 is 25.2 Å². The van der Waals surface area contributed by atoms with Gasteiger partial charge in [-0.05, 0) is 35.2 Å². The third-order valence-electron chi connectivity index (χ3n) is 4.58. The summed E-state index contributed by atoms with van der Waals surface area (Å²) in [6.07, 6.45) is 0.266. The van der Waals surface area contributed by atoms with Crippen molar-refractivity contribution in [2.24, 2.45) is 4.99 Å². The average Bonchev–Trinajstić information content (AvgIpc) is 3.21. The molecule has 0 aliphatic rings. The van der Waals surface area contributed by atoms with Gasteiger partial charge in [-0.15, -0.1) is 11.3 Å². The Hall–Kier alpha value is -2.61. The maximum absolute atomic E-state index is 10.5. The minimum absolute atomic E-state index is 0.384. The van der Waals surface area contributed by atoms with E-state index < -0.39 is 6.10 Å². The number of thiophene rings is 1. The number of guanidine groups is 1. The van der Waals surface area contributed by atoms with Gasteiger partial charge in [-0.25, -0.2) is 0 Å². The highest BCUT2D eigenvalue weighted by molar-refractivity contribution is 7.19. The van der Waals surface area contributed by atoms with Crippen molar-refractivity contribution >= 4 is 27.4 Å². The number of fused-ring (bicyclic) bond motifs is 1. The number of ether oxygens (including phenoxy) is 2. The normalized spacial score (nSPS) is 12.7. The first-order valence-electron chi connectivity index (χ1n) is 10.0.